The van der Waals surface area contributed by atoms with Crippen LogP contribution in [0.4, 0.5) is 0 Å². The van der Waals surface area contributed by atoms with Crippen LogP contribution in [0.1, 0.15) is 49.3 Å². The van der Waals surface area contributed by atoms with Crippen molar-refractivity contribution in [3.63, 3.8) is 0 Å². The molecule has 2 aliphatic heterocycles. The molecule has 104 valence electrons. The normalized spacial score (nSPS) is 32.6. The van der Waals surface area contributed by atoms with E-state index in [4.69, 9.17) is 0 Å². The quantitative estimate of drug-likeness (QED) is 0.876. The largest absolute Gasteiger partial charge is 0.310 e. The average molecular weight is 258 g/mol. The first-order chi connectivity index (χ1) is 9.22. The van der Waals surface area contributed by atoms with Crippen molar-refractivity contribution in [2.75, 3.05) is 26.7 Å². The lowest BCUT2D eigenvalue weighted by Crippen LogP contribution is -2.31. The first-order valence-corrected chi connectivity index (χ1v) is 7.74. The van der Waals surface area contributed by atoms with Gasteiger partial charge < -0.3 is 10.2 Å². The highest BCUT2D eigenvalue weighted by atomic mass is 15.1. The first kappa shape index (κ1) is 13.1. The predicted molar refractivity (Wildman–Crippen MR) is 80.4 cm³/mol. The maximum Gasteiger partial charge on any atom is 0.0320 e. The van der Waals surface area contributed by atoms with Crippen molar-refractivity contribution in [1.82, 2.24) is 10.2 Å². The lowest BCUT2D eigenvalue weighted by molar-refractivity contribution is 0.333. The standard InChI is InChI=1S/C17H26N2/c1-13-6-7-17(18-11-13)15-5-3-4-14(10-15)16-8-9-19(2)12-16/h3-5,10,13,16-18H,6-9,11-12H2,1-2H3/t13?,16?,17-/m0/s1. The molecule has 0 saturated carbocycles. The Morgan fingerprint density at radius 1 is 1.16 bits per heavy atom. The van der Waals surface area contributed by atoms with Crippen molar-refractivity contribution in [3.8, 4) is 0 Å². The Morgan fingerprint density at radius 2 is 2.00 bits per heavy atom. The molecule has 3 atom stereocenters. The molecule has 2 unspecified atom stereocenters. The number of hydrogen-bond donors (Lipinski definition) is 1. The molecule has 19 heavy (non-hydrogen) atoms. The molecule has 0 bridgehead atoms. The molecule has 0 radical (unpaired) electrons. The van der Waals surface area contributed by atoms with E-state index in [1.165, 1.54) is 44.5 Å². The molecule has 0 spiro atoms. The van der Waals surface area contributed by atoms with Gasteiger partial charge >= 0.3 is 0 Å². The fourth-order valence-corrected chi connectivity index (χ4v) is 3.52. The summed E-state index contributed by atoms with van der Waals surface area (Å²) in [5.74, 6) is 1.58. The van der Waals surface area contributed by atoms with E-state index in [1.807, 2.05) is 0 Å². The Labute approximate surface area is 117 Å². The summed E-state index contributed by atoms with van der Waals surface area (Å²) in [6.45, 7) is 5.97. The maximum absolute atomic E-state index is 3.70. The van der Waals surface area contributed by atoms with Gasteiger partial charge in [-0.25, -0.2) is 0 Å². The zero-order chi connectivity index (χ0) is 13.2. The second-order valence-electron chi connectivity index (χ2n) is 6.56. The van der Waals surface area contributed by atoms with Crippen molar-refractivity contribution in [1.29, 1.82) is 0 Å². The van der Waals surface area contributed by atoms with Crippen LogP contribution in [-0.2, 0) is 0 Å². The van der Waals surface area contributed by atoms with Gasteiger partial charge in [-0.05, 0) is 62.4 Å². The van der Waals surface area contributed by atoms with Gasteiger partial charge in [0.2, 0.25) is 0 Å². The van der Waals surface area contributed by atoms with Crippen LogP contribution in [0.15, 0.2) is 24.3 Å². The molecule has 2 saturated heterocycles. The van der Waals surface area contributed by atoms with Crippen LogP contribution < -0.4 is 5.32 Å². The minimum atomic E-state index is 0.579. The van der Waals surface area contributed by atoms with Crippen LogP contribution in [0.5, 0.6) is 0 Å². The van der Waals surface area contributed by atoms with E-state index in [0.717, 1.165) is 11.8 Å². The fourth-order valence-electron chi connectivity index (χ4n) is 3.52. The zero-order valence-corrected chi connectivity index (χ0v) is 12.2. The predicted octanol–water partition coefficient (Wildman–Crippen LogP) is 3.17. The third kappa shape index (κ3) is 3.01. The lowest BCUT2D eigenvalue weighted by Gasteiger charge is -2.28. The van der Waals surface area contributed by atoms with Gasteiger partial charge in [-0.3, -0.25) is 0 Å². The van der Waals surface area contributed by atoms with Crippen molar-refractivity contribution >= 4 is 0 Å². The van der Waals surface area contributed by atoms with E-state index >= 15 is 0 Å². The van der Waals surface area contributed by atoms with Gasteiger partial charge in [-0.15, -0.1) is 0 Å². The average Bonchev–Trinajstić information content (AvgIpc) is 2.86. The molecule has 0 aliphatic carbocycles. The maximum atomic E-state index is 3.70. The molecular weight excluding hydrogens is 232 g/mol. The van der Waals surface area contributed by atoms with Gasteiger partial charge in [0.1, 0.15) is 0 Å². The molecule has 2 heteroatoms. The minimum absolute atomic E-state index is 0.579. The summed E-state index contributed by atoms with van der Waals surface area (Å²) in [5.41, 5.74) is 3.04. The monoisotopic (exact) mass is 258 g/mol. The van der Waals surface area contributed by atoms with Gasteiger partial charge in [-0.1, -0.05) is 31.2 Å². The Hall–Kier alpha value is -0.860. The molecule has 2 fully saturated rings. The summed E-state index contributed by atoms with van der Waals surface area (Å²) in [6.07, 6.45) is 3.96. The molecule has 2 nitrogen and oxygen atoms in total. The molecular formula is C17H26N2. The highest BCUT2D eigenvalue weighted by Gasteiger charge is 2.23. The minimum Gasteiger partial charge on any atom is -0.310 e. The molecule has 1 aromatic rings. The number of piperidine rings is 1. The highest BCUT2D eigenvalue weighted by Crippen LogP contribution is 2.30. The van der Waals surface area contributed by atoms with Crippen molar-refractivity contribution < 1.29 is 0 Å². The molecule has 1 N–H and O–H groups in total. The Kier molecular flexibility index (Phi) is 3.90. The van der Waals surface area contributed by atoms with E-state index < -0.39 is 0 Å². The molecule has 1 aromatic carbocycles. The number of nitrogens with one attached hydrogen (secondary N) is 1. The first-order valence-electron chi connectivity index (χ1n) is 7.74. The molecule has 0 aromatic heterocycles. The van der Waals surface area contributed by atoms with Crippen molar-refractivity contribution in [2.24, 2.45) is 5.92 Å². The third-order valence-corrected chi connectivity index (χ3v) is 4.84. The van der Waals surface area contributed by atoms with Crippen LogP contribution in [0.3, 0.4) is 0 Å². The lowest BCUT2D eigenvalue weighted by atomic mass is 9.89. The van der Waals surface area contributed by atoms with Gasteiger partial charge in [0.25, 0.3) is 0 Å². The number of likely N-dealkylation sites (N-methyl/N-ethyl adjacent to an activating group) is 1. The van der Waals surface area contributed by atoms with Crippen LogP contribution in [-0.4, -0.2) is 31.6 Å². The van der Waals surface area contributed by atoms with Gasteiger partial charge in [0, 0.05) is 12.6 Å². The third-order valence-electron chi connectivity index (χ3n) is 4.84. The fraction of sp³-hybridized carbons (Fsp3) is 0.647. The van der Waals surface area contributed by atoms with Crippen molar-refractivity contribution in [3.05, 3.63) is 35.4 Å². The number of nitrogens with zero attached hydrogens (tertiary/aromatic N) is 1. The number of likely N-dealkylation sites (tertiary alicyclic amines) is 1. The second kappa shape index (κ2) is 5.64. The summed E-state index contributed by atoms with van der Waals surface area (Å²) < 4.78 is 0. The van der Waals surface area contributed by atoms with Gasteiger partial charge in [0.15, 0.2) is 0 Å². The van der Waals surface area contributed by atoms with E-state index in [9.17, 15) is 0 Å². The van der Waals surface area contributed by atoms with Crippen LogP contribution >= 0.6 is 0 Å². The van der Waals surface area contributed by atoms with E-state index in [-0.39, 0.29) is 0 Å². The molecule has 0 amide bonds. The summed E-state index contributed by atoms with van der Waals surface area (Å²) >= 11 is 0. The zero-order valence-electron chi connectivity index (χ0n) is 12.2. The number of rotatable bonds is 2. The highest BCUT2D eigenvalue weighted by molar-refractivity contribution is 5.29. The summed E-state index contributed by atoms with van der Waals surface area (Å²) in [7, 11) is 2.23. The molecule has 2 heterocycles. The summed E-state index contributed by atoms with van der Waals surface area (Å²) in [6, 6.07) is 9.91. The van der Waals surface area contributed by atoms with Crippen LogP contribution in [0.2, 0.25) is 0 Å². The summed E-state index contributed by atoms with van der Waals surface area (Å²) in [4.78, 5) is 2.44. The Morgan fingerprint density at radius 3 is 2.68 bits per heavy atom. The van der Waals surface area contributed by atoms with Gasteiger partial charge in [0.05, 0.1) is 0 Å². The Balaban J connectivity index is 1.72. The SMILES string of the molecule is CC1CC[C@@H](c2cccc(C3CCN(C)C3)c2)NC1. The van der Waals surface area contributed by atoms with E-state index in [0.29, 0.717) is 6.04 Å². The van der Waals surface area contributed by atoms with Crippen molar-refractivity contribution in [2.45, 2.75) is 38.1 Å². The van der Waals surface area contributed by atoms with E-state index in [1.54, 1.807) is 5.56 Å². The summed E-state index contributed by atoms with van der Waals surface area (Å²) in [5, 5.41) is 3.70. The molecule has 2 aliphatic rings. The number of hydrogen-bond acceptors (Lipinski definition) is 2. The smallest absolute Gasteiger partial charge is 0.0320 e. The molecule has 3 rings (SSSR count). The van der Waals surface area contributed by atoms with Crippen LogP contribution in [0.25, 0.3) is 0 Å². The van der Waals surface area contributed by atoms with Crippen LogP contribution in [0, 0.1) is 5.92 Å². The topological polar surface area (TPSA) is 15.3 Å². The van der Waals surface area contributed by atoms with E-state index in [2.05, 4.69) is 48.5 Å². The Bertz CT molecular complexity index is 421. The number of benzene rings is 1. The van der Waals surface area contributed by atoms with Gasteiger partial charge in [-0.2, -0.15) is 0 Å². The second-order valence-corrected chi connectivity index (χ2v) is 6.56.